The molecule has 0 bridgehead atoms. The molecular weight excluding hydrogens is 372 g/mol. The number of hydrogen-bond acceptors (Lipinski definition) is 4. The minimum absolute atomic E-state index is 0.323. The minimum Gasteiger partial charge on any atom is -0.460 e. The number of aromatic nitrogens is 3. The Morgan fingerprint density at radius 3 is 3.12 bits per heavy atom. The molecule has 2 saturated heterocycles. The summed E-state index contributed by atoms with van der Waals surface area (Å²) in [4.78, 5) is 18.3. The monoisotopic (exact) mass is 393 g/mol. The fourth-order valence-corrected chi connectivity index (χ4v) is 4.48. The molecule has 1 N–H and O–H groups in total. The summed E-state index contributed by atoms with van der Waals surface area (Å²) < 4.78 is 8.02. The van der Waals surface area contributed by atoms with E-state index in [1.54, 1.807) is 27.9 Å². The van der Waals surface area contributed by atoms with Gasteiger partial charge in [-0.2, -0.15) is 5.10 Å². The van der Waals surface area contributed by atoms with Crippen LogP contribution in [0.15, 0.2) is 22.9 Å². The van der Waals surface area contributed by atoms with Gasteiger partial charge in [-0.15, -0.1) is 0 Å². The highest BCUT2D eigenvalue weighted by Gasteiger charge is 2.37. The molecule has 0 aliphatic carbocycles. The normalized spacial score (nSPS) is 27.0. The first-order valence-corrected chi connectivity index (χ1v) is 9.52. The van der Waals surface area contributed by atoms with E-state index in [1.807, 2.05) is 0 Å². The second-order valence-electron chi connectivity index (χ2n) is 6.87. The molecule has 24 heavy (non-hydrogen) atoms. The van der Waals surface area contributed by atoms with Crippen molar-refractivity contribution in [2.24, 2.45) is 5.92 Å². The predicted molar refractivity (Wildman–Crippen MR) is 92.0 cm³/mol. The molecule has 2 fully saturated rings. The van der Waals surface area contributed by atoms with Crippen molar-refractivity contribution in [2.45, 2.75) is 38.1 Å². The van der Waals surface area contributed by atoms with Crippen molar-refractivity contribution < 1.29 is 14.4 Å². The van der Waals surface area contributed by atoms with Crippen LogP contribution in [0.3, 0.4) is 0 Å². The van der Waals surface area contributed by atoms with Gasteiger partial charge in [-0.05, 0) is 48.0 Å². The Hall–Kier alpha value is -1.47. The molecule has 0 spiro atoms. The maximum absolute atomic E-state index is 12.4. The van der Waals surface area contributed by atoms with E-state index in [9.17, 15) is 4.79 Å². The van der Waals surface area contributed by atoms with Crippen molar-refractivity contribution in [2.75, 3.05) is 19.7 Å². The molecule has 4 heterocycles. The molecular formula is C17H22BrN4O2+. The average Bonchev–Trinajstić information content (AvgIpc) is 3.03. The third kappa shape index (κ3) is 3.19. The predicted octanol–water partition coefficient (Wildman–Crippen LogP) is 1.50. The standard InChI is InChI=1S/C17H21BrN4O2/c18-13-9-19-16-8-14(20-22(16)10-13)17(23)24-11-12-4-3-7-21-6-2-1-5-15(12)21/h8-10,12,15H,1-7,11H2/p+1/t12-,15-/m1/s1. The molecule has 2 aliphatic heterocycles. The van der Waals surface area contributed by atoms with Gasteiger partial charge in [0.2, 0.25) is 0 Å². The molecule has 0 radical (unpaired) electrons. The molecule has 1 unspecified atom stereocenters. The van der Waals surface area contributed by atoms with Gasteiger partial charge >= 0.3 is 5.97 Å². The maximum atomic E-state index is 12.4. The summed E-state index contributed by atoms with van der Waals surface area (Å²) in [6.07, 6.45) is 9.79. The Balaban J connectivity index is 1.41. The Morgan fingerprint density at radius 2 is 2.21 bits per heavy atom. The van der Waals surface area contributed by atoms with Crippen LogP contribution in [0.1, 0.15) is 42.6 Å². The van der Waals surface area contributed by atoms with Crippen molar-refractivity contribution in [3.05, 3.63) is 28.6 Å². The van der Waals surface area contributed by atoms with Crippen LogP contribution in [0, 0.1) is 5.92 Å². The van der Waals surface area contributed by atoms with E-state index in [1.165, 1.54) is 45.2 Å². The first kappa shape index (κ1) is 16.0. The number of esters is 1. The minimum atomic E-state index is -0.348. The first-order chi connectivity index (χ1) is 11.7. The quantitative estimate of drug-likeness (QED) is 0.802. The smallest absolute Gasteiger partial charge is 0.358 e. The van der Waals surface area contributed by atoms with E-state index in [2.05, 4.69) is 26.0 Å². The van der Waals surface area contributed by atoms with Crippen LogP contribution in [0.25, 0.3) is 5.65 Å². The van der Waals surface area contributed by atoms with Crippen LogP contribution in [-0.4, -0.2) is 46.3 Å². The highest BCUT2D eigenvalue weighted by atomic mass is 79.9. The van der Waals surface area contributed by atoms with Gasteiger partial charge in [0, 0.05) is 24.4 Å². The third-order valence-corrected chi connectivity index (χ3v) is 5.76. The van der Waals surface area contributed by atoms with Gasteiger partial charge in [-0.1, -0.05) is 0 Å². The van der Waals surface area contributed by atoms with Gasteiger partial charge in [0.1, 0.15) is 6.61 Å². The number of carbonyl (C=O) groups excluding carboxylic acids is 1. The lowest BCUT2D eigenvalue weighted by atomic mass is 9.84. The molecule has 2 aromatic rings. The Bertz CT molecular complexity index is 745. The van der Waals surface area contributed by atoms with Crippen LogP contribution in [-0.2, 0) is 4.74 Å². The molecule has 0 amide bonds. The summed E-state index contributed by atoms with van der Waals surface area (Å²) in [5, 5.41) is 4.26. The molecule has 4 rings (SSSR count). The number of fused-ring (bicyclic) bond motifs is 2. The number of piperidine rings is 2. The van der Waals surface area contributed by atoms with Gasteiger partial charge in [0.05, 0.1) is 23.6 Å². The van der Waals surface area contributed by atoms with Crippen molar-refractivity contribution in [1.29, 1.82) is 0 Å². The summed E-state index contributed by atoms with van der Waals surface area (Å²) in [6.45, 7) is 3.07. The molecule has 3 atom stereocenters. The van der Waals surface area contributed by atoms with Gasteiger partial charge in [0.25, 0.3) is 0 Å². The Labute approximate surface area is 149 Å². The van der Waals surface area contributed by atoms with Crippen molar-refractivity contribution in [1.82, 2.24) is 14.6 Å². The van der Waals surface area contributed by atoms with Crippen LogP contribution >= 0.6 is 15.9 Å². The van der Waals surface area contributed by atoms with Crippen molar-refractivity contribution >= 4 is 27.5 Å². The second kappa shape index (κ2) is 6.80. The van der Waals surface area contributed by atoms with E-state index in [-0.39, 0.29) is 5.97 Å². The van der Waals surface area contributed by atoms with E-state index < -0.39 is 0 Å². The Morgan fingerprint density at radius 1 is 1.33 bits per heavy atom. The van der Waals surface area contributed by atoms with Gasteiger partial charge < -0.3 is 9.64 Å². The van der Waals surface area contributed by atoms with Gasteiger partial charge in [-0.25, -0.2) is 14.3 Å². The lowest BCUT2D eigenvalue weighted by Gasteiger charge is -2.40. The molecule has 128 valence electrons. The van der Waals surface area contributed by atoms with Crippen LogP contribution < -0.4 is 4.90 Å². The van der Waals surface area contributed by atoms with Crippen molar-refractivity contribution in [3.8, 4) is 0 Å². The average molecular weight is 394 g/mol. The zero-order chi connectivity index (χ0) is 16.5. The molecule has 0 aromatic carbocycles. The molecule has 7 heteroatoms. The van der Waals surface area contributed by atoms with Crippen molar-refractivity contribution in [3.63, 3.8) is 0 Å². The molecule has 6 nitrogen and oxygen atoms in total. The second-order valence-corrected chi connectivity index (χ2v) is 7.78. The number of nitrogens with zero attached hydrogens (tertiary/aromatic N) is 3. The number of quaternary nitrogens is 1. The number of nitrogens with one attached hydrogen (secondary N) is 1. The summed E-state index contributed by atoms with van der Waals surface area (Å²) in [5.41, 5.74) is 0.968. The fourth-order valence-electron chi connectivity index (χ4n) is 4.19. The highest BCUT2D eigenvalue weighted by molar-refractivity contribution is 9.10. The Kier molecular flexibility index (Phi) is 4.54. The number of halogens is 1. The highest BCUT2D eigenvalue weighted by Crippen LogP contribution is 2.21. The lowest BCUT2D eigenvalue weighted by molar-refractivity contribution is -0.940. The maximum Gasteiger partial charge on any atom is 0.358 e. The molecule has 2 aromatic heterocycles. The third-order valence-electron chi connectivity index (χ3n) is 5.35. The number of rotatable bonds is 3. The van der Waals surface area contributed by atoms with E-state index >= 15 is 0 Å². The van der Waals surface area contributed by atoms with Crippen LogP contribution in [0.2, 0.25) is 0 Å². The summed E-state index contributed by atoms with van der Waals surface area (Å²) in [6, 6.07) is 2.34. The van der Waals surface area contributed by atoms with Crippen LogP contribution in [0.4, 0.5) is 0 Å². The fraction of sp³-hybridized carbons (Fsp3) is 0.588. The SMILES string of the molecule is O=C(OC[C@H]1CCC[NH+]2CCCC[C@H]12)c1cc2ncc(Br)cn2n1. The topological polar surface area (TPSA) is 60.9 Å². The number of hydrogen-bond donors (Lipinski definition) is 1. The summed E-state index contributed by atoms with van der Waals surface area (Å²) >= 11 is 3.35. The lowest BCUT2D eigenvalue weighted by Crippen LogP contribution is -3.18. The van der Waals surface area contributed by atoms with Gasteiger partial charge in [-0.3, -0.25) is 0 Å². The first-order valence-electron chi connectivity index (χ1n) is 8.73. The zero-order valence-electron chi connectivity index (χ0n) is 13.6. The van der Waals surface area contributed by atoms with E-state index in [4.69, 9.17) is 4.74 Å². The van der Waals surface area contributed by atoms with E-state index in [0.717, 1.165) is 4.47 Å². The molecule has 0 saturated carbocycles. The molecule has 2 aliphatic rings. The zero-order valence-corrected chi connectivity index (χ0v) is 15.2. The summed E-state index contributed by atoms with van der Waals surface area (Å²) in [5.74, 6) is 0.141. The van der Waals surface area contributed by atoms with Crippen LogP contribution in [0.5, 0.6) is 0 Å². The van der Waals surface area contributed by atoms with Gasteiger partial charge in [0.15, 0.2) is 11.3 Å². The number of ether oxygens (including phenoxy) is 1. The largest absolute Gasteiger partial charge is 0.460 e. The summed E-state index contributed by atoms with van der Waals surface area (Å²) in [7, 11) is 0. The number of carbonyl (C=O) groups is 1. The van der Waals surface area contributed by atoms with E-state index in [0.29, 0.717) is 29.9 Å².